The molecular weight excluding hydrogens is 322 g/mol. The Morgan fingerprint density at radius 2 is 1.92 bits per heavy atom. The van der Waals surface area contributed by atoms with Gasteiger partial charge in [0.1, 0.15) is 12.4 Å². The van der Waals surface area contributed by atoms with Crippen molar-refractivity contribution < 1.29 is 14.3 Å². The number of piperidine rings is 1. The van der Waals surface area contributed by atoms with Crippen molar-refractivity contribution in [1.29, 1.82) is 0 Å². The van der Waals surface area contributed by atoms with Gasteiger partial charge < -0.3 is 19.1 Å². The third kappa shape index (κ3) is 3.68. The first kappa shape index (κ1) is 17.8. The molecule has 0 radical (unpaired) electrons. The predicted molar refractivity (Wildman–Crippen MR) is 90.7 cm³/mol. The number of hydrogen-bond acceptors (Lipinski definition) is 5. The number of carbonyl (C=O) groups is 2. The summed E-state index contributed by atoms with van der Waals surface area (Å²) in [7, 11) is 0. The molecule has 0 aliphatic carbocycles. The van der Waals surface area contributed by atoms with Crippen LogP contribution in [0.1, 0.15) is 44.4 Å². The zero-order valence-electron chi connectivity index (χ0n) is 15.3. The zero-order chi connectivity index (χ0) is 18.0. The van der Waals surface area contributed by atoms with Gasteiger partial charge in [0.25, 0.3) is 0 Å². The van der Waals surface area contributed by atoms with Gasteiger partial charge in [-0.15, -0.1) is 10.2 Å². The largest absolute Gasteiger partial charge is 0.372 e. The monoisotopic (exact) mass is 349 g/mol. The van der Waals surface area contributed by atoms with Gasteiger partial charge in [-0.25, -0.2) is 0 Å². The molecule has 1 aromatic rings. The van der Waals surface area contributed by atoms with Crippen LogP contribution in [0.15, 0.2) is 0 Å². The average molecular weight is 349 g/mol. The van der Waals surface area contributed by atoms with Crippen molar-refractivity contribution in [3.63, 3.8) is 0 Å². The summed E-state index contributed by atoms with van der Waals surface area (Å²) < 4.78 is 7.29. The lowest BCUT2D eigenvalue weighted by Crippen LogP contribution is -2.47. The van der Waals surface area contributed by atoms with E-state index in [2.05, 4.69) is 21.7 Å². The van der Waals surface area contributed by atoms with Crippen LogP contribution in [0.25, 0.3) is 0 Å². The lowest BCUT2D eigenvalue weighted by Gasteiger charge is -2.37. The Kier molecular flexibility index (Phi) is 5.36. The van der Waals surface area contributed by atoms with Gasteiger partial charge in [-0.1, -0.05) is 0 Å². The molecule has 1 saturated heterocycles. The van der Waals surface area contributed by atoms with Crippen molar-refractivity contribution in [2.24, 2.45) is 5.92 Å². The molecular formula is C17H27N5O3. The first-order chi connectivity index (χ1) is 12.0. The first-order valence-electron chi connectivity index (χ1n) is 9.06. The number of likely N-dealkylation sites (tertiary alicyclic amines) is 1. The lowest BCUT2D eigenvalue weighted by atomic mass is 9.94. The molecule has 0 bridgehead atoms. The van der Waals surface area contributed by atoms with E-state index in [0.29, 0.717) is 45.6 Å². The van der Waals surface area contributed by atoms with Crippen molar-refractivity contribution in [3.8, 4) is 0 Å². The Morgan fingerprint density at radius 1 is 1.20 bits per heavy atom. The summed E-state index contributed by atoms with van der Waals surface area (Å²) in [5.41, 5.74) is 0. The number of aromatic nitrogens is 3. The van der Waals surface area contributed by atoms with E-state index in [9.17, 15) is 9.59 Å². The van der Waals surface area contributed by atoms with Crippen molar-refractivity contribution >= 4 is 11.8 Å². The number of hydrogen-bond donors (Lipinski definition) is 0. The minimum atomic E-state index is -0.0149. The molecule has 3 rings (SSSR count). The minimum Gasteiger partial charge on any atom is -0.372 e. The van der Waals surface area contributed by atoms with Crippen LogP contribution >= 0.6 is 0 Å². The summed E-state index contributed by atoms with van der Waals surface area (Å²) in [4.78, 5) is 28.6. The molecule has 0 N–H and O–H groups in total. The molecule has 3 heterocycles. The number of aryl methyl sites for hydroxylation is 1. The topological polar surface area (TPSA) is 80.6 Å². The van der Waals surface area contributed by atoms with E-state index in [4.69, 9.17) is 4.74 Å². The average Bonchev–Trinajstić information content (AvgIpc) is 3.00. The molecule has 8 nitrogen and oxygen atoms in total. The normalized spacial score (nSPS) is 21.3. The molecule has 0 saturated carbocycles. The van der Waals surface area contributed by atoms with Gasteiger partial charge in [0, 0.05) is 32.2 Å². The zero-order valence-corrected chi connectivity index (χ0v) is 15.3. The Balaban J connectivity index is 1.56. The van der Waals surface area contributed by atoms with Crippen molar-refractivity contribution in [1.82, 2.24) is 24.6 Å². The molecule has 2 aliphatic rings. The van der Waals surface area contributed by atoms with E-state index < -0.39 is 0 Å². The van der Waals surface area contributed by atoms with E-state index in [1.54, 1.807) is 4.90 Å². The Hall–Kier alpha value is -1.96. The maximum Gasteiger partial charge on any atom is 0.248 e. The highest BCUT2D eigenvalue weighted by molar-refractivity contribution is 5.80. The van der Waals surface area contributed by atoms with Gasteiger partial charge >= 0.3 is 0 Å². The summed E-state index contributed by atoms with van der Waals surface area (Å²) in [6, 6.07) is 0.190. The fraction of sp³-hybridized carbons (Fsp3) is 0.765. The number of rotatable bonds is 4. The van der Waals surface area contributed by atoms with E-state index in [0.717, 1.165) is 11.6 Å². The van der Waals surface area contributed by atoms with Crippen molar-refractivity contribution in [3.05, 3.63) is 11.6 Å². The van der Waals surface area contributed by atoms with Crippen LogP contribution in [0, 0.1) is 12.8 Å². The van der Waals surface area contributed by atoms with Gasteiger partial charge in [-0.2, -0.15) is 0 Å². The fourth-order valence-electron chi connectivity index (χ4n) is 3.81. The molecule has 0 aromatic carbocycles. The molecule has 1 aromatic heterocycles. The summed E-state index contributed by atoms with van der Waals surface area (Å²) in [5, 5.41) is 8.33. The molecule has 2 aliphatic heterocycles. The number of ether oxygens (including phenoxy) is 1. The summed E-state index contributed by atoms with van der Waals surface area (Å²) >= 11 is 0. The Bertz CT molecular complexity index is 636. The summed E-state index contributed by atoms with van der Waals surface area (Å²) in [6.07, 6.45) is 1.43. The molecule has 0 unspecified atom stereocenters. The van der Waals surface area contributed by atoms with E-state index >= 15 is 0 Å². The van der Waals surface area contributed by atoms with Gasteiger partial charge in [0.05, 0.1) is 12.6 Å². The fourth-order valence-corrected chi connectivity index (χ4v) is 3.81. The molecule has 2 amide bonds. The second-order valence-electron chi connectivity index (χ2n) is 6.89. The van der Waals surface area contributed by atoms with Crippen LogP contribution in [-0.2, 0) is 20.9 Å². The van der Waals surface area contributed by atoms with Crippen molar-refractivity contribution in [2.75, 3.05) is 32.8 Å². The van der Waals surface area contributed by atoms with Crippen LogP contribution in [-0.4, -0.2) is 69.2 Å². The molecule has 1 atom stereocenters. The van der Waals surface area contributed by atoms with Gasteiger partial charge in [-0.05, 0) is 33.6 Å². The maximum atomic E-state index is 12.9. The SMILES string of the molecule is CCOCC(=O)N1CCC(C(=O)N2Cc3nnc(C)n3[C@@H](C)C2)CC1. The van der Waals surface area contributed by atoms with Crippen LogP contribution in [0.2, 0.25) is 0 Å². The summed E-state index contributed by atoms with van der Waals surface area (Å²) in [5.74, 6) is 1.93. The molecule has 0 spiro atoms. The molecule has 8 heteroatoms. The molecule has 25 heavy (non-hydrogen) atoms. The maximum absolute atomic E-state index is 12.9. The Morgan fingerprint density at radius 3 is 2.60 bits per heavy atom. The number of nitrogens with zero attached hydrogens (tertiary/aromatic N) is 5. The quantitative estimate of drug-likeness (QED) is 0.802. The smallest absolute Gasteiger partial charge is 0.248 e. The van der Waals surface area contributed by atoms with Gasteiger partial charge in [-0.3, -0.25) is 9.59 Å². The van der Waals surface area contributed by atoms with Crippen LogP contribution < -0.4 is 0 Å². The van der Waals surface area contributed by atoms with Crippen LogP contribution in [0.3, 0.4) is 0 Å². The third-order valence-electron chi connectivity index (χ3n) is 5.13. The van der Waals surface area contributed by atoms with E-state index in [1.807, 2.05) is 18.7 Å². The molecule has 1 fully saturated rings. The lowest BCUT2D eigenvalue weighted by molar-refractivity contribution is -0.143. The Labute approximate surface area is 148 Å². The minimum absolute atomic E-state index is 0.0149. The second kappa shape index (κ2) is 7.51. The predicted octanol–water partition coefficient (Wildman–Crippen LogP) is 0.765. The van der Waals surface area contributed by atoms with E-state index in [1.165, 1.54) is 0 Å². The van der Waals surface area contributed by atoms with Crippen LogP contribution in [0.5, 0.6) is 0 Å². The highest BCUT2D eigenvalue weighted by Crippen LogP contribution is 2.26. The number of fused-ring (bicyclic) bond motifs is 1. The van der Waals surface area contributed by atoms with Gasteiger partial charge in [0.2, 0.25) is 11.8 Å². The van der Waals surface area contributed by atoms with Crippen LogP contribution in [0.4, 0.5) is 0 Å². The van der Waals surface area contributed by atoms with E-state index in [-0.39, 0.29) is 30.4 Å². The highest BCUT2D eigenvalue weighted by atomic mass is 16.5. The third-order valence-corrected chi connectivity index (χ3v) is 5.13. The summed E-state index contributed by atoms with van der Waals surface area (Å²) in [6.45, 7) is 9.04. The standard InChI is InChI=1S/C17H27N5O3/c1-4-25-11-16(23)20-7-5-14(6-8-20)17(24)21-9-12(2)22-13(3)18-19-15(22)10-21/h12,14H,4-11H2,1-3H3/t12-/m0/s1. The number of carbonyl (C=O) groups excluding carboxylic acids is 2. The first-order valence-corrected chi connectivity index (χ1v) is 9.06. The van der Waals surface area contributed by atoms with Crippen molar-refractivity contribution in [2.45, 2.75) is 46.2 Å². The van der Waals surface area contributed by atoms with Gasteiger partial charge in [0.15, 0.2) is 5.82 Å². The second-order valence-corrected chi connectivity index (χ2v) is 6.89. The highest BCUT2D eigenvalue weighted by Gasteiger charge is 2.34. The molecule has 138 valence electrons. The number of amides is 2.